The molecule has 0 radical (unpaired) electrons. The zero-order valence-corrected chi connectivity index (χ0v) is 16.4. The molecule has 0 unspecified atom stereocenters. The van der Waals surface area contributed by atoms with Crippen LogP contribution in [0.1, 0.15) is 22.7 Å². The monoisotopic (exact) mass is 384 g/mol. The van der Waals surface area contributed by atoms with Gasteiger partial charge in [0.1, 0.15) is 16.5 Å². The highest BCUT2D eigenvalue weighted by atomic mass is 35.5. The van der Waals surface area contributed by atoms with E-state index in [2.05, 4.69) is 21.9 Å². The van der Waals surface area contributed by atoms with Crippen LogP contribution < -0.4 is 9.80 Å². The van der Waals surface area contributed by atoms with Gasteiger partial charge in [0.15, 0.2) is 0 Å². The molecule has 26 heavy (non-hydrogen) atoms. The van der Waals surface area contributed by atoms with Crippen LogP contribution >= 0.6 is 22.9 Å². The number of rotatable bonds is 2. The number of para-hydroxylation sites is 1. The van der Waals surface area contributed by atoms with E-state index < -0.39 is 0 Å². The molecule has 1 saturated heterocycles. The first-order valence-corrected chi connectivity index (χ1v) is 10.4. The van der Waals surface area contributed by atoms with Gasteiger partial charge in [0.05, 0.1) is 16.1 Å². The normalized spacial score (nSPS) is 17.2. The first-order valence-electron chi connectivity index (χ1n) is 9.24. The van der Waals surface area contributed by atoms with E-state index in [1.165, 1.54) is 39.9 Å². The number of fused-ring (bicyclic) bond motifs is 3. The van der Waals surface area contributed by atoms with Crippen molar-refractivity contribution in [3.63, 3.8) is 0 Å². The van der Waals surface area contributed by atoms with Crippen molar-refractivity contribution >= 4 is 44.7 Å². The molecule has 1 aromatic carbocycles. The van der Waals surface area contributed by atoms with Crippen LogP contribution in [0.4, 0.5) is 11.5 Å². The number of benzene rings is 1. The molecule has 0 amide bonds. The molecule has 1 aliphatic heterocycles. The van der Waals surface area contributed by atoms with E-state index in [4.69, 9.17) is 21.6 Å². The molecule has 2 aromatic heterocycles. The zero-order chi connectivity index (χ0) is 17.7. The number of anilines is 2. The third-order valence-corrected chi connectivity index (χ3v) is 6.94. The fraction of sp³-hybridized carbons (Fsp3) is 0.400. The van der Waals surface area contributed by atoms with Crippen LogP contribution in [0.3, 0.4) is 0 Å². The molecule has 1 aliphatic carbocycles. The van der Waals surface area contributed by atoms with Gasteiger partial charge in [-0.1, -0.05) is 23.7 Å². The predicted molar refractivity (Wildman–Crippen MR) is 110 cm³/mol. The van der Waals surface area contributed by atoms with Gasteiger partial charge in [0.25, 0.3) is 0 Å². The van der Waals surface area contributed by atoms with Crippen LogP contribution in [0.5, 0.6) is 0 Å². The van der Waals surface area contributed by atoms with E-state index in [0.717, 1.165) is 48.5 Å². The van der Waals surface area contributed by atoms with Crippen LogP contribution in [-0.4, -0.2) is 36.1 Å². The van der Waals surface area contributed by atoms with Gasteiger partial charge in [-0.2, -0.15) is 0 Å². The summed E-state index contributed by atoms with van der Waals surface area (Å²) in [6.07, 6.45) is 3.65. The van der Waals surface area contributed by atoms with Gasteiger partial charge >= 0.3 is 0 Å². The summed E-state index contributed by atoms with van der Waals surface area (Å²) in [6.45, 7) is 5.85. The van der Waals surface area contributed by atoms with Crippen LogP contribution in [0, 0.1) is 6.92 Å². The van der Waals surface area contributed by atoms with Crippen molar-refractivity contribution in [2.24, 2.45) is 0 Å². The molecular formula is C20H21ClN4S. The first-order chi connectivity index (χ1) is 12.7. The van der Waals surface area contributed by atoms with Crippen LogP contribution in [-0.2, 0) is 12.8 Å². The number of halogens is 1. The molecule has 3 heterocycles. The van der Waals surface area contributed by atoms with Crippen LogP contribution in [0.2, 0.25) is 5.02 Å². The highest BCUT2D eigenvalue weighted by Crippen LogP contribution is 2.41. The highest BCUT2D eigenvalue weighted by molar-refractivity contribution is 7.19. The Morgan fingerprint density at radius 1 is 1.00 bits per heavy atom. The fourth-order valence-corrected chi connectivity index (χ4v) is 5.73. The number of aryl methyl sites for hydroxylation is 3. The topological polar surface area (TPSA) is 32.3 Å². The lowest BCUT2D eigenvalue weighted by Crippen LogP contribution is -2.47. The van der Waals surface area contributed by atoms with Crippen molar-refractivity contribution < 1.29 is 0 Å². The Morgan fingerprint density at radius 3 is 2.58 bits per heavy atom. The van der Waals surface area contributed by atoms with E-state index in [1.54, 1.807) is 0 Å². The number of nitrogens with zero attached hydrogens (tertiary/aromatic N) is 4. The molecule has 6 heteroatoms. The van der Waals surface area contributed by atoms with E-state index in [1.807, 2.05) is 30.4 Å². The zero-order valence-electron chi connectivity index (χ0n) is 14.8. The van der Waals surface area contributed by atoms with Crippen molar-refractivity contribution in [1.29, 1.82) is 0 Å². The van der Waals surface area contributed by atoms with Gasteiger partial charge in [0, 0.05) is 31.1 Å². The Labute approximate surface area is 162 Å². The summed E-state index contributed by atoms with van der Waals surface area (Å²) in [5.41, 5.74) is 2.64. The summed E-state index contributed by atoms with van der Waals surface area (Å²) in [5, 5.41) is 2.15. The smallest absolute Gasteiger partial charge is 0.141 e. The SMILES string of the molecule is Cc1nc(N2CCN(c3ccccc3Cl)CC2)c2c3c(sc2n1)CCC3. The average Bonchev–Trinajstić information content (AvgIpc) is 3.22. The molecule has 134 valence electrons. The molecule has 0 N–H and O–H groups in total. The maximum atomic E-state index is 6.38. The second kappa shape index (κ2) is 6.39. The second-order valence-corrected chi connectivity index (χ2v) is 8.55. The van der Waals surface area contributed by atoms with Gasteiger partial charge in [-0.3, -0.25) is 0 Å². The summed E-state index contributed by atoms with van der Waals surface area (Å²) in [5.74, 6) is 2.02. The molecule has 0 spiro atoms. The van der Waals surface area contributed by atoms with Crippen LogP contribution in [0.15, 0.2) is 24.3 Å². The molecule has 2 aliphatic rings. The van der Waals surface area contributed by atoms with E-state index in [9.17, 15) is 0 Å². The van der Waals surface area contributed by atoms with Gasteiger partial charge in [0.2, 0.25) is 0 Å². The van der Waals surface area contributed by atoms with Gasteiger partial charge in [-0.15, -0.1) is 11.3 Å². The summed E-state index contributed by atoms with van der Waals surface area (Å²) >= 11 is 8.26. The van der Waals surface area contributed by atoms with Crippen molar-refractivity contribution in [1.82, 2.24) is 9.97 Å². The predicted octanol–water partition coefficient (Wildman–Crippen LogP) is 4.47. The molecule has 1 fully saturated rings. The molecule has 0 bridgehead atoms. The molecule has 5 rings (SSSR count). The number of hydrogen-bond donors (Lipinski definition) is 0. The maximum absolute atomic E-state index is 6.38. The van der Waals surface area contributed by atoms with Gasteiger partial charge < -0.3 is 9.80 Å². The summed E-state index contributed by atoms with van der Waals surface area (Å²) < 4.78 is 0. The Hall–Kier alpha value is -1.85. The quantitative estimate of drug-likeness (QED) is 0.652. The van der Waals surface area contributed by atoms with Crippen molar-refractivity contribution in [2.75, 3.05) is 36.0 Å². The summed E-state index contributed by atoms with van der Waals surface area (Å²) in [6, 6.07) is 8.12. The Morgan fingerprint density at radius 2 is 1.77 bits per heavy atom. The summed E-state index contributed by atoms with van der Waals surface area (Å²) in [4.78, 5) is 17.1. The lowest BCUT2D eigenvalue weighted by molar-refractivity contribution is 0.648. The minimum absolute atomic E-state index is 0.830. The lowest BCUT2D eigenvalue weighted by Gasteiger charge is -2.37. The summed E-state index contributed by atoms with van der Waals surface area (Å²) in [7, 11) is 0. The molecular weight excluding hydrogens is 364 g/mol. The number of aromatic nitrogens is 2. The number of hydrogen-bond acceptors (Lipinski definition) is 5. The Balaban J connectivity index is 1.46. The van der Waals surface area contributed by atoms with Crippen molar-refractivity contribution in [2.45, 2.75) is 26.2 Å². The molecule has 0 atom stereocenters. The largest absolute Gasteiger partial charge is 0.367 e. The third-order valence-electron chi connectivity index (χ3n) is 5.43. The Kier molecular flexibility index (Phi) is 4.02. The second-order valence-electron chi connectivity index (χ2n) is 7.06. The third kappa shape index (κ3) is 2.65. The minimum atomic E-state index is 0.830. The first kappa shape index (κ1) is 16.3. The maximum Gasteiger partial charge on any atom is 0.141 e. The minimum Gasteiger partial charge on any atom is -0.367 e. The van der Waals surface area contributed by atoms with E-state index in [-0.39, 0.29) is 0 Å². The van der Waals surface area contributed by atoms with Crippen molar-refractivity contribution in [3.8, 4) is 0 Å². The van der Waals surface area contributed by atoms with Gasteiger partial charge in [-0.25, -0.2) is 9.97 Å². The van der Waals surface area contributed by atoms with E-state index in [0.29, 0.717) is 0 Å². The fourth-order valence-electron chi connectivity index (χ4n) is 4.18. The molecule has 3 aromatic rings. The van der Waals surface area contributed by atoms with Crippen molar-refractivity contribution in [3.05, 3.63) is 45.6 Å². The molecule has 0 saturated carbocycles. The van der Waals surface area contributed by atoms with Crippen LogP contribution in [0.25, 0.3) is 10.2 Å². The molecule has 4 nitrogen and oxygen atoms in total. The average molecular weight is 385 g/mol. The number of piperazine rings is 1. The lowest BCUT2D eigenvalue weighted by atomic mass is 10.1. The number of thiophene rings is 1. The van der Waals surface area contributed by atoms with Gasteiger partial charge in [-0.05, 0) is 43.9 Å². The highest BCUT2D eigenvalue weighted by Gasteiger charge is 2.26. The Bertz CT molecular complexity index is 975. The standard InChI is InChI=1S/C20H21ClN4S/c1-13-22-19(18-14-5-4-8-17(14)26-20(18)23-13)25-11-9-24(10-12-25)16-7-3-2-6-15(16)21/h2-3,6-7H,4-5,8-12H2,1H3. The van der Waals surface area contributed by atoms with E-state index >= 15 is 0 Å².